The number of nitrogens with one attached hydrogen (secondary N) is 1. The molecule has 0 aromatic carbocycles. The maximum absolute atomic E-state index is 11.6. The number of carboxylic acids is 1. The van der Waals surface area contributed by atoms with Crippen LogP contribution in [-0.2, 0) is 4.79 Å². The second kappa shape index (κ2) is 6.01. The number of rotatable bonds is 3. The number of likely N-dealkylation sites (tertiary alicyclic amines) is 1. The Hall–Kier alpha value is -1.70. The maximum Gasteiger partial charge on any atom is 0.326 e. The van der Waals surface area contributed by atoms with Gasteiger partial charge in [0.25, 0.3) is 0 Å². The van der Waals surface area contributed by atoms with E-state index < -0.39 is 12.0 Å². The van der Waals surface area contributed by atoms with E-state index in [0.29, 0.717) is 25.9 Å². The zero-order chi connectivity index (χ0) is 12.0. The third kappa shape index (κ3) is 3.16. The average Bonchev–Trinajstić information content (AvgIpc) is 2.73. The Morgan fingerprint density at radius 1 is 1.56 bits per heavy atom. The fraction of sp³-hybridized carbons (Fsp3) is 0.636. The molecule has 0 aromatic heterocycles. The number of amides is 2. The van der Waals surface area contributed by atoms with Crippen LogP contribution < -0.4 is 5.32 Å². The number of urea groups is 1. The van der Waals surface area contributed by atoms with Gasteiger partial charge in [-0.05, 0) is 19.8 Å². The molecular formula is C11H16N2O3. The summed E-state index contributed by atoms with van der Waals surface area (Å²) in [6.07, 6.45) is 1.88. The highest BCUT2D eigenvalue weighted by molar-refractivity contribution is 5.83. The van der Waals surface area contributed by atoms with Gasteiger partial charge in [0.1, 0.15) is 6.04 Å². The average molecular weight is 224 g/mol. The Morgan fingerprint density at radius 2 is 2.31 bits per heavy atom. The fourth-order valence-electron chi connectivity index (χ4n) is 1.73. The third-order valence-electron chi connectivity index (χ3n) is 2.50. The number of carbonyl (C=O) groups is 2. The topological polar surface area (TPSA) is 69.6 Å². The van der Waals surface area contributed by atoms with Crippen LogP contribution in [0, 0.1) is 11.8 Å². The maximum atomic E-state index is 11.6. The van der Waals surface area contributed by atoms with Crippen molar-refractivity contribution in [3.05, 3.63) is 0 Å². The van der Waals surface area contributed by atoms with Crippen LogP contribution in [0.1, 0.15) is 26.2 Å². The molecule has 1 fully saturated rings. The van der Waals surface area contributed by atoms with Gasteiger partial charge in [-0.2, -0.15) is 0 Å². The molecule has 0 aromatic rings. The number of hydrogen-bond acceptors (Lipinski definition) is 2. The molecule has 0 radical (unpaired) electrons. The molecular weight excluding hydrogens is 208 g/mol. The number of aliphatic carboxylic acids is 1. The summed E-state index contributed by atoms with van der Waals surface area (Å²) in [6.45, 7) is 2.72. The van der Waals surface area contributed by atoms with E-state index in [1.807, 2.05) is 0 Å². The van der Waals surface area contributed by atoms with Crippen LogP contribution in [0.2, 0.25) is 0 Å². The van der Waals surface area contributed by atoms with Crippen LogP contribution in [-0.4, -0.2) is 41.1 Å². The molecule has 2 amide bonds. The molecule has 2 N–H and O–H groups in total. The molecule has 16 heavy (non-hydrogen) atoms. The number of hydrogen-bond donors (Lipinski definition) is 2. The van der Waals surface area contributed by atoms with E-state index in [4.69, 9.17) is 5.11 Å². The van der Waals surface area contributed by atoms with E-state index in [1.54, 1.807) is 6.92 Å². The Morgan fingerprint density at radius 3 is 2.94 bits per heavy atom. The minimum absolute atomic E-state index is 0.303. The van der Waals surface area contributed by atoms with Gasteiger partial charge in [-0.25, -0.2) is 9.59 Å². The van der Waals surface area contributed by atoms with Crippen LogP contribution in [0.15, 0.2) is 0 Å². The normalized spacial score (nSPS) is 18.8. The van der Waals surface area contributed by atoms with Crippen LogP contribution in [0.4, 0.5) is 4.79 Å². The predicted molar refractivity (Wildman–Crippen MR) is 58.8 cm³/mol. The zero-order valence-corrected chi connectivity index (χ0v) is 9.32. The van der Waals surface area contributed by atoms with Crippen molar-refractivity contribution >= 4 is 12.0 Å². The van der Waals surface area contributed by atoms with Gasteiger partial charge < -0.3 is 15.3 Å². The van der Waals surface area contributed by atoms with Crippen molar-refractivity contribution in [3.63, 3.8) is 0 Å². The third-order valence-corrected chi connectivity index (χ3v) is 2.50. The number of carboxylic acid groups (broad SMARTS) is 1. The minimum atomic E-state index is -0.930. The first kappa shape index (κ1) is 12.4. The first-order valence-electron chi connectivity index (χ1n) is 5.33. The molecule has 5 nitrogen and oxygen atoms in total. The summed E-state index contributed by atoms with van der Waals surface area (Å²) in [5.74, 6) is 4.63. The second-order valence-corrected chi connectivity index (χ2v) is 3.60. The fourth-order valence-corrected chi connectivity index (χ4v) is 1.73. The van der Waals surface area contributed by atoms with Gasteiger partial charge in [-0.3, -0.25) is 0 Å². The van der Waals surface area contributed by atoms with Crippen molar-refractivity contribution in [1.29, 1.82) is 0 Å². The van der Waals surface area contributed by atoms with Gasteiger partial charge in [-0.1, -0.05) is 0 Å². The molecule has 1 unspecified atom stereocenters. The Labute approximate surface area is 94.8 Å². The predicted octanol–water partition coefficient (Wildman–Crippen LogP) is 0.658. The van der Waals surface area contributed by atoms with Gasteiger partial charge in [0.05, 0.1) is 0 Å². The van der Waals surface area contributed by atoms with Crippen molar-refractivity contribution in [2.75, 3.05) is 13.1 Å². The Kier molecular flexibility index (Phi) is 4.65. The summed E-state index contributed by atoms with van der Waals surface area (Å²) in [5, 5.41) is 11.6. The van der Waals surface area contributed by atoms with Crippen molar-refractivity contribution in [1.82, 2.24) is 10.2 Å². The van der Waals surface area contributed by atoms with E-state index in [-0.39, 0.29) is 6.03 Å². The summed E-state index contributed by atoms with van der Waals surface area (Å²) >= 11 is 0. The lowest BCUT2D eigenvalue weighted by Crippen LogP contribution is -2.46. The first-order valence-corrected chi connectivity index (χ1v) is 5.33. The monoisotopic (exact) mass is 224 g/mol. The van der Waals surface area contributed by atoms with E-state index in [1.165, 1.54) is 4.90 Å². The molecule has 1 aliphatic heterocycles. The summed E-state index contributed by atoms with van der Waals surface area (Å²) in [5.41, 5.74) is 0. The van der Waals surface area contributed by atoms with E-state index in [0.717, 1.165) is 6.42 Å². The van der Waals surface area contributed by atoms with Crippen molar-refractivity contribution < 1.29 is 14.7 Å². The molecule has 0 aliphatic carbocycles. The van der Waals surface area contributed by atoms with Gasteiger partial charge >= 0.3 is 12.0 Å². The Bertz CT molecular complexity index is 330. The van der Waals surface area contributed by atoms with Crippen LogP contribution in [0.5, 0.6) is 0 Å². The smallest absolute Gasteiger partial charge is 0.326 e. The van der Waals surface area contributed by atoms with Gasteiger partial charge in [0.2, 0.25) is 0 Å². The summed E-state index contributed by atoms with van der Waals surface area (Å²) in [7, 11) is 0. The summed E-state index contributed by atoms with van der Waals surface area (Å²) in [6, 6.07) is -0.972. The van der Waals surface area contributed by atoms with Crippen LogP contribution in [0.25, 0.3) is 0 Å². The highest BCUT2D eigenvalue weighted by atomic mass is 16.4. The molecule has 88 valence electrons. The van der Waals surface area contributed by atoms with Gasteiger partial charge in [-0.15, -0.1) is 11.8 Å². The lowest BCUT2D eigenvalue weighted by Gasteiger charge is -2.21. The zero-order valence-electron chi connectivity index (χ0n) is 9.32. The van der Waals surface area contributed by atoms with Crippen molar-refractivity contribution in [2.45, 2.75) is 32.2 Å². The Balaban J connectivity index is 2.40. The van der Waals surface area contributed by atoms with E-state index in [9.17, 15) is 9.59 Å². The minimum Gasteiger partial charge on any atom is -0.480 e. The SMILES string of the molecule is CC#CCCNC(=O)N1CCCC1C(=O)O. The molecule has 0 saturated carbocycles. The second-order valence-electron chi connectivity index (χ2n) is 3.60. The first-order chi connectivity index (χ1) is 7.66. The standard InChI is InChI=1S/C11H16N2O3/c1-2-3-4-7-12-11(16)13-8-5-6-9(13)10(14)15/h9H,4-8H2,1H3,(H,12,16)(H,14,15). The molecule has 0 spiro atoms. The summed E-state index contributed by atoms with van der Waals surface area (Å²) in [4.78, 5) is 23.9. The van der Waals surface area contributed by atoms with Crippen molar-refractivity contribution in [3.8, 4) is 11.8 Å². The molecule has 1 rings (SSSR count). The molecule has 1 heterocycles. The summed E-state index contributed by atoms with van der Waals surface area (Å²) < 4.78 is 0. The lowest BCUT2D eigenvalue weighted by molar-refractivity contribution is -0.141. The van der Waals surface area contributed by atoms with Crippen LogP contribution in [0.3, 0.4) is 0 Å². The van der Waals surface area contributed by atoms with E-state index in [2.05, 4.69) is 17.2 Å². The highest BCUT2D eigenvalue weighted by Gasteiger charge is 2.33. The molecule has 1 atom stereocenters. The van der Waals surface area contributed by atoms with Crippen molar-refractivity contribution in [2.24, 2.45) is 0 Å². The highest BCUT2D eigenvalue weighted by Crippen LogP contribution is 2.16. The molecule has 1 saturated heterocycles. The quantitative estimate of drug-likeness (QED) is 0.546. The van der Waals surface area contributed by atoms with Gasteiger partial charge in [0, 0.05) is 19.5 Å². The number of nitrogens with zero attached hydrogens (tertiary/aromatic N) is 1. The molecule has 1 aliphatic rings. The van der Waals surface area contributed by atoms with E-state index >= 15 is 0 Å². The lowest BCUT2D eigenvalue weighted by atomic mass is 10.2. The number of carbonyl (C=O) groups excluding carboxylic acids is 1. The van der Waals surface area contributed by atoms with Crippen LogP contribution >= 0.6 is 0 Å². The molecule has 0 bridgehead atoms. The molecule has 5 heteroatoms. The largest absolute Gasteiger partial charge is 0.480 e. The van der Waals surface area contributed by atoms with Gasteiger partial charge in [0.15, 0.2) is 0 Å².